The van der Waals surface area contributed by atoms with Crippen molar-refractivity contribution in [3.05, 3.63) is 78.6 Å². The second-order valence-electron chi connectivity index (χ2n) is 7.90. The molecular formula is C25H27N5O. The number of pyridine rings is 1. The standard InChI is InChI=1S/C25H27N5O/c1-31-23-10-6-5-9-21(23)25-22(30-17-19(26)11-12-24(30)27-25)18-28-13-15-29(16-14-28)20-7-3-2-4-8-20/h2-12,17H,13-16,18,26H2,1H3. The van der Waals surface area contributed by atoms with Crippen LogP contribution in [0.3, 0.4) is 0 Å². The fourth-order valence-corrected chi connectivity index (χ4v) is 4.33. The lowest BCUT2D eigenvalue weighted by Crippen LogP contribution is -2.46. The molecule has 0 spiro atoms. The van der Waals surface area contributed by atoms with Crippen molar-refractivity contribution in [2.75, 3.05) is 43.9 Å². The summed E-state index contributed by atoms with van der Waals surface area (Å²) in [4.78, 5) is 9.89. The first-order valence-corrected chi connectivity index (χ1v) is 10.6. The number of rotatable bonds is 5. The third-order valence-electron chi connectivity index (χ3n) is 5.97. The summed E-state index contributed by atoms with van der Waals surface area (Å²) in [5, 5.41) is 0. The first-order valence-electron chi connectivity index (χ1n) is 10.6. The number of nitrogens with two attached hydrogens (primary N) is 1. The molecule has 0 saturated carbocycles. The number of ether oxygens (including phenoxy) is 1. The van der Waals surface area contributed by atoms with Crippen LogP contribution in [-0.4, -0.2) is 47.6 Å². The molecule has 6 nitrogen and oxygen atoms in total. The molecule has 0 aliphatic carbocycles. The molecule has 158 valence electrons. The van der Waals surface area contributed by atoms with Gasteiger partial charge in [-0.3, -0.25) is 4.90 Å². The van der Waals surface area contributed by atoms with Crippen molar-refractivity contribution in [2.24, 2.45) is 0 Å². The summed E-state index contributed by atoms with van der Waals surface area (Å²) >= 11 is 0. The van der Waals surface area contributed by atoms with Gasteiger partial charge < -0.3 is 19.8 Å². The maximum absolute atomic E-state index is 6.12. The van der Waals surface area contributed by atoms with E-state index in [9.17, 15) is 0 Å². The first kappa shape index (κ1) is 19.5. The maximum atomic E-state index is 6.12. The van der Waals surface area contributed by atoms with Crippen LogP contribution in [-0.2, 0) is 6.54 Å². The quantitative estimate of drug-likeness (QED) is 0.538. The summed E-state index contributed by atoms with van der Waals surface area (Å²) in [6, 6.07) is 22.6. The van der Waals surface area contributed by atoms with E-state index < -0.39 is 0 Å². The van der Waals surface area contributed by atoms with Crippen LogP contribution in [0.15, 0.2) is 72.9 Å². The molecule has 0 bridgehead atoms. The van der Waals surface area contributed by atoms with Gasteiger partial charge in [-0.25, -0.2) is 4.98 Å². The van der Waals surface area contributed by atoms with E-state index in [0.29, 0.717) is 0 Å². The van der Waals surface area contributed by atoms with Gasteiger partial charge in [-0.05, 0) is 36.4 Å². The lowest BCUT2D eigenvalue weighted by molar-refractivity contribution is 0.247. The van der Waals surface area contributed by atoms with Crippen molar-refractivity contribution in [1.29, 1.82) is 0 Å². The monoisotopic (exact) mass is 413 g/mol. The van der Waals surface area contributed by atoms with Crippen LogP contribution < -0.4 is 15.4 Å². The Bertz CT molecular complexity index is 1180. The number of para-hydroxylation sites is 2. The molecule has 2 aromatic carbocycles. The van der Waals surface area contributed by atoms with Gasteiger partial charge in [-0.1, -0.05) is 30.3 Å². The molecule has 1 fully saturated rings. The topological polar surface area (TPSA) is 59.0 Å². The molecule has 0 radical (unpaired) electrons. The fraction of sp³-hybridized carbons (Fsp3) is 0.240. The molecule has 0 unspecified atom stereocenters. The van der Waals surface area contributed by atoms with Gasteiger partial charge in [0.2, 0.25) is 0 Å². The summed E-state index contributed by atoms with van der Waals surface area (Å²) in [6.07, 6.45) is 1.97. The number of hydrogen-bond acceptors (Lipinski definition) is 5. The number of anilines is 2. The van der Waals surface area contributed by atoms with E-state index in [1.165, 1.54) is 5.69 Å². The van der Waals surface area contributed by atoms with Crippen LogP contribution in [0.4, 0.5) is 11.4 Å². The van der Waals surface area contributed by atoms with Crippen molar-refractivity contribution in [2.45, 2.75) is 6.54 Å². The molecule has 2 N–H and O–H groups in total. The summed E-state index contributed by atoms with van der Waals surface area (Å²) < 4.78 is 7.76. The predicted octanol–water partition coefficient (Wildman–Crippen LogP) is 3.91. The first-order chi connectivity index (χ1) is 15.2. The molecule has 1 aliphatic heterocycles. The van der Waals surface area contributed by atoms with Crippen molar-refractivity contribution >= 4 is 17.0 Å². The van der Waals surface area contributed by atoms with Crippen molar-refractivity contribution in [1.82, 2.24) is 14.3 Å². The van der Waals surface area contributed by atoms with Gasteiger partial charge in [-0.2, -0.15) is 0 Å². The molecule has 2 aromatic heterocycles. The average Bonchev–Trinajstić information content (AvgIpc) is 3.17. The second-order valence-corrected chi connectivity index (χ2v) is 7.90. The summed E-state index contributed by atoms with van der Waals surface area (Å²) in [5.41, 5.74) is 12.1. The van der Waals surface area contributed by atoms with Gasteiger partial charge in [0.1, 0.15) is 11.4 Å². The number of nitrogen functional groups attached to an aromatic ring is 1. The number of aromatic nitrogens is 2. The highest BCUT2D eigenvalue weighted by Crippen LogP contribution is 2.33. The molecule has 3 heterocycles. The number of piperazine rings is 1. The minimum atomic E-state index is 0.728. The Morgan fingerprint density at radius 2 is 1.65 bits per heavy atom. The van der Waals surface area contributed by atoms with Gasteiger partial charge in [0.15, 0.2) is 0 Å². The number of hydrogen-bond donors (Lipinski definition) is 1. The molecule has 31 heavy (non-hydrogen) atoms. The predicted molar refractivity (Wildman–Crippen MR) is 126 cm³/mol. The number of fused-ring (bicyclic) bond motifs is 1. The Hall–Kier alpha value is -3.51. The molecule has 6 heteroatoms. The van der Waals surface area contributed by atoms with Crippen LogP contribution in [0, 0.1) is 0 Å². The van der Waals surface area contributed by atoms with Crippen molar-refractivity contribution in [3.8, 4) is 17.0 Å². The number of benzene rings is 2. The van der Waals surface area contributed by atoms with E-state index in [-0.39, 0.29) is 0 Å². The average molecular weight is 414 g/mol. The highest BCUT2D eigenvalue weighted by atomic mass is 16.5. The third kappa shape index (κ3) is 3.82. The Balaban J connectivity index is 1.46. The highest BCUT2D eigenvalue weighted by Gasteiger charge is 2.22. The molecule has 0 atom stereocenters. The van der Waals surface area contributed by atoms with Crippen LogP contribution in [0.5, 0.6) is 5.75 Å². The van der Waals surface area contributed by atoms with Gasteiger partial charge in [0.25, 0.3) is 0 Å². The summed E-state index contributed by atoms with van der Waals surface area (Å²) in [7, 11) is 1.70. The Morgan fingerprint density at radius 3 is 2.42 bits per heavy atom. The van der Waals surface area contributed by atoms with E-state index in [4.69, 9.17) is 15.5 Å². The third-order valence-corrected chi connectivity index (χ3v) is 5.97. The van der Waals surface area contributed by atoms with E-state index in [2.05, 4.69) is 50.6 Å². The molecule has 4 aromatic rings. The van der Waals surface area contributed by atoms with E-state index >= 15 is 0 Å². The summed E-state index contributed by atoms with van der Waals surface area (Å²) in [6.45, 7) is 4.81. The maximum Gasteiger partial charge on any atom is 0.137 e. The van der Waals surface area contributed by atoms with Gasteiger partial charge in [0.05, 0.1) is 18.5 Å². The smallest absolute Gasteiger partial charge is 0.137 e. The number of methoxy groups -OCH3 is 1. The second kappa shape index (κ2) is 8.32. The molecular weight excluding hydrogens is 386 g/mol. The zero-order valence-electron chi connectivity index (χ0n) is 17.7. The number of imidazole rings is 1. The fourth-order valence-electron chi connectivity index (χ4n) is 4.33. The Kier molecular flexibility index (Phi) is 5.22. The minimum absolute atomic E-state index is 0.728. The SMILES string of the molecule is COc1ccccc1-c1nc2ccc(N)cn2c1CN1CCN(c2ccccc2)CC1. The highest BCUT2D eigenvalue weighted by molar-refractivity contribution is 5.72. The minimum Gasteiger partial charge on any atom is -0.496 e. The summed E-state index contributed by atoms with van der Waals surface area (Å²) in [5.74, 6) is 0.828. The zero-order chi connectivity index (χ0) is 21.2. The molecule has 1 aliphatic rings. The zero-order valence-corrected chi connectivity index (χ0v) is 17.7. The molecule has 0 amide bonds. The molecule has 1 saturated heterocycles. The van der Waals surface area contributed by atoms with Crippen LogP contribution in [0.25, 0.3) is 16.9 Å². The van der Waals surface area contributed by atoms with E-state index in [1.54, 1.807) is 7.11 Å². The largest absolute Gasteiger partial charge is 0.496 e. The van der Waals surface area contributed by atoms with Crippen LogP contribution in [0.1, 0.15) is 5.69 Å². The van der Waals surface area contributed by atoms with Crippen LogP contribution >= 0.6 is 0 Å². The lowest BCUT2D eigenvalue weighted by atomic mass is 10.1. The van der Waals surface area contributed by atoms with Crippen LogP contribution in [0.2, 0.25) is 0 Å². The Morgan fingerprint density at radius 1 is 0.903 bits per heavy atom. The van der Waals surface area contributed by atoms with Gasteiger partial charge in [-0.15, -0.1) is 0 Å². The number of nitrogens with zero attached hydrogens (tertiary/aromatic N) is 4. The van der Waals surface area contributed by atoms with Crippen molar-refractivity contribution < 1.29 is 4.74 Å². The van der Waals surface area contributed by atoms with E-state index in [1.807, 2.05) is 36.5 Å². The van der Waals surface area contributed by atoms with Crippen molar-refractivity contribution in [3.63, 3.8) is 0 Å². The van der Waals surface area contributed by atoms with Gasteiger partial charge in [0, 0.05) is 55.9 Å². The van der Waals surface area contributed by atoms with E-state index in [0.717, 1.165) is 66.8 Å². The molecule has 5 rings (SSSR count). The van der Waals surface area contributed by atoms with Gasteiger partial charge >= 0.3 is 0 Å². The Labute approximate surface area is 182 Å². The lowest BCUT2D eigenvalue weighted by Gasteiger charge is -2.36. The normalized spacial score (nSPS) is 14.8.